The van der Waals surface area contributed by atoms with Gasteiger partial charge in [0.2, 0.25) is 5.91 Å². The lowest BCUT2D eigenvalue weighted by Gasteiger charge is -2.18. The van der Waals surface area contributed by atoms with Crippen molar-refractivity contribution in [1.82, 2.24) is 29.7 Å². The molecule has 0 unspecified atom stereocenters. The van der Waals surface area contributed by atoms with Crippen molar-refractivity contribution in [2.45, 2.75) is 46.1 Å². The summed E-state index contributed by atoms with van der Waals surface area (Å²) >= 11 is 0. The number of nitrogens with zero attached hydrogens (tertiary/aromatic N) is 6. The summed E-state index contributed by atoms with van der Waals surface area (Å²) in [6.45, 7) is 7.94. The Morgan fingerprint density at radius 1 is 1.00 bits per heavy atom. The standard InChI is InChI=1S/C27H28N8O2/c1-16-21(12-20(14-30-16)32-26(37)19-13-31-35(15-19)27(2,3)4)22-8-10-29-24(33-22)18-7-9-28-23(11-18)34-25(36)17-5-6-17/h7-15,17H,5-6H2,1-4H3,(H,32,37)(H,28,34,36). The summed E-state index contributed by atoms with van der Waals surface area (Å²) < 4.78 is 1.75. The van der Waals surface area contributed by atoms with E-state index in [1.165, 1.54) is 0 Å². The highest BCUT2D eigenvalue weighted by Crippen LogP contribution is 2.30. The molecule has 0 spiro atoms. The van der Waals surface area contributed by atoms with E-state index in [9.17, 15) is 9.59 Å². The van der Waals surface area contributed by atoms with Gasteiger partial charge >= 0.3 is 0 Å². The molecule has 2 N–H and O–H groups in total. The highest BCUT2D eigenvalue weighted by atomic mass is 16.2. The molecule has 0 bridgehead atoms. The van der Waals surface area contributed by atoms with Gasteiger partial charge in [-0.1, -0.05) is 0 Å². The molecule has 4 aromatic heterocycles. The number of hydrogen-bond acceptors (Lipinski definition) is 7. The molecule has 1 aliphatic rings. The number of pyridine rings is 2. The smallest absolute Gasteiger partial charge is 0.258 e. The number of aromatic nitrogens is 6. The first-order valence-electron chi connectivity index (χ1n) is 12.1. The van der Waals surface area contributed by atoms with E-state index < -0.39 is 0 Å². The number of rotatable bonds is 6. The lowest BCUT2D eigenvalue weighted by molar-refractivity contribution is -0.117. The second-order valence-corrected chi connectivity index (χ2v) is 10.1. The third kappa shape index (κ3) is 5.53. The van der Waals surface area contributed by atoms with Crippen molar-refractivity contribution in [2.75, 3.05) is 10.6 Å². The average molecular weight is 497 g/mol. The molecule has 4 heterocycles. The van der Waals surface area contributed by atoms with E-state index in [0.717, 1.165) is 29.7 Å². The van der Waals surface area contributed by atoms with Crippen LogP contribution in [0, 0.1) is 12.8 Å². The molecule has 37 heavy (non-hydrogen) atoms. The Hall–Kier alpha value is -4.47. The zero-order chi connectivity index (χ0) is 26.2. The minimum atomic E-state index is -0.270. The summed E-state index contributed by atoms with van der Waals surface area (Å²) in [7, 11) is 0. The first-order valence-corrected chi connectivity index (χ1v) is 12.1. The Morgan fingerprint density at radius 2 is 1.78 bits per heavy atom. The maximum Gasteiger partial charge on any atom is 0.258 e. The van der Waals surface area contributed by atoms with Crippen LogP contribution in [-0.4, -0.2) is 41.5 Å². The molecule has 5 rings (SSSR count). The summed E-state index contributed by atoms with van der Waals surface area (Å²) in [6.07, 6.45) is 10.0. The molecule has 0 aliphatic heterocycles. The third-order valence-corrected chi connectivity index (χ3v) is 6.03. The van der Waals surface area contributed by atoms with Crippen molar-refractivity contribution in [3.63, 3.8) is 0 Å². The van der Waals surface area contributed by atoms with Gasteiger partial charge in [-0.15, -0.1) is 0 Å². The molecule has 4 aromatic rings. The maximum atomic E-state index is 12.8. The van der Waals surface area contributed by atoms with Crippen molar-refractivity contribution < 1.29 is 9.59 Å². The van der Waals surface area contributed by atoms with Gasteiger partial charge in [0.15, 0.2) is 5.82 Å². The number of nitrogens with one attached hydrogen (secondary N) is 2. The summed E-state index contributed by atoms with van der Waals surface area (Å²) in [5.41, 5.74) is 3.70. The molecule has 1 fully saturated rings. The Labute approximate surface area is 214 Å². The van der Waals surface area contributed by atoms with Gasteiger partial charge in [-0.05, 0) is 64.8 Å². The van der Waals surface area contributed by atoms with Crippen LogP contribution in [0.3, 0.4) is 0 Å². The minimum absolute atomic E-state index is 0.00867. The van der Waals surface area contributed by atoms with E-state index in [2.05, 4.69) is 30.7 Å². The number of aryl methyl sites for hydroxylation is 1. The summed E-state index contributed by atoms with van der Waals surface area (Å²) in [5.74, 6) is 0.771. The average Bonchev–Trinajstić information content (AvgIpc) is 3.60. The highest BCUT2D eigenvalue weighted by molar-refractivity contribution is 6.04. The Morgan fingerprint density at radius 3 is 2.51 bits per heavy atom. The van der Waals surface area contributed by atoms with Gasteiger partial charge < -0.3 is 10.6 Å². The molecular formula is C27H28N8O2. The SMILES string of the molecule is Cc1ncc(NC(=O)c2cnn(C(C)(C)C)c2)cc1-c1ccnc(-c2ccnc(NC(=O)C3CC3)c2)n1. The van der Waals surface area contributed by atoms with Crippen LogP contribution in [0.4, 0.5) is 11.5 Å². The molecule has 0 radical (unpaired) electrons. The Bertz CT molecular complexity index is 1480. The fourth-order valence-electron chi connectivity index (χ4n) is 3.73. The van der Waals surface area contributed by atoms with E-state index in [4.69, 9.17) is 4.98 Å². The fraction of sp³-hybridized carbons (Fsp3) is 0.296. The predicted molar refractivity (Wildman–Crippen MR) is 140 cm³/mol. The van der Waals surface area contributed by atoms with Crippen molar-refractivity contribution in [3.05, 3.63) is 66.5 Å². The van der Waals surface area contributed by atoms with Crippen molar-refractivity contribution >= 4 is 23.3 Å². The van der Waals surface area contributed by atoms with Gasteiger partial charge in [-0.2, -0.15) is 5.10 Å². The maximum absolute atomic E-state index is 12.8. The minimum Gasteiger partial charge on any atom is -0.320 e. The largest absolute Gasteiger partial charge is 0.320 e. The zero-order valence-corrected chi connectivity index (χ0v) is 21.2. The number of carbonyl (C=O) groups is 2. The monoisotopic (exact) mass is 496 g/mol. The number of amides is 2. The van der Waals surface area contributed by atoms with Gasteiger partial charge in [-0.25, -0.2) is 15.0 Å². The third-order valence-electron chi connectivity index (χ3n) is 6.03. The van der Waals surface area contributed by atoms with E-state index in [1.807, 2.05) is 33.8 Å². The van der Waals surface area contributed by atoms with Crippen LogP contribution in [0.5, 0.6) is 0 Å². The summed E-state index contributed by atoms with van der Waals surface area (Å²) in [6, 6.07) is 7.20. The van der Waals surface area contributed by atoms with Crippen molar-refractivity contribution in [1.29, 1.82) is 0 Å². The number of hydrogen-bond donors (Lipinski definition) is 2. The molecule has 10 nitrogen and oxygen atoms in total. The van der Waals surface area contributed by atoms with E-state index in [1.54, 1.807) is 53.9 Å². The van der Waals surface area contributed by atoms with Crippen molar-refractivity contribution in [3.8, 4) is 22.6 Å². The molecule has 2 amide bonds. The van der Waals surface area contributed by atoms with Gasteiger partial charge in [0.05, 0.1) is 34.9 Å². The van der Waals surface area contributed by atoms with Crippen LogP contribution in [0.15, 0.2) is 55.2 Å². The quantitative estimate of drug-likeness (QED) is 0.403. The second-order valence-electron chi connectivity index (χ2n) is 10.1. The van der Waals surface area contributed by atoms with E-state index in [0.29, 0.717) is 28.6 Å². The topological polar surface area (TPSA) is 128 Å². The van der Waals surface area contributed by atoms with E-state index >= 15 is 0 Å². The van der Waals surface area contributed by atoms with Crippen LogP contribution in [0.2, 0.25) is 0 Å². The highest BCUT2D eigenvalue weighted by Gasteiger charge is 2.29. The molecule has 10 heteroatoms. The zero-order valence-electron chi connectivity index (χ0n) is 21.2. The lowest BCUT2D eigenvalue weighted by atomic mass is 10.1. The molecule has 1 aliphatic carbocycles. The van der Waals surface area contributed by atoms with Crippen molar-refractivity contribution in [2.24, 2.45) is 5.92 Å². The second kappa shape index (κ2) is 9.53. The number of anilines is 2. The van der Waals surface area contributed by atoms with Gasteiger partial charge in [0.25, 0.3) is 5.91 Å². The molecule has 0 saturated heterocycles. The van der Waals surface area contributed by atoms with Gasteiger partial charge in [0, 0.05) is 41.3 Å². The van der Waals surface area contributed by atoms with Crippen LogP contribution in [0.1, 0.15) is 49.7 Å². The van der Waals surface area contributed by atoms with Gasteiger partial charge in [-0.3, -0.25) is 19.3 Å². The molecule has 0 atom stereocenters. The van der Waals surface area contributed by atoms with E-state index in [-0.39, 0.29) is 23.3 Å². The molecular weight excluding hydrogens is 468 g/mol. The van der Waals surface area contributed by atoms with Crippen LogP contribution >= 0.6 is 0 Å². The fourth-order valence-corrected chi connectivity index (χ4v) is 3.73. The first kappa shape index (κ1) is 24.2. The summed E-state index contributed by atoms with van der Waals surface area (Å²) in [4.78, 5) is 42.8. The number of carbonyl (C=O) groups excluding carboxylic acids is 2. The Balaban J connectivity index is 1.38. The Kier molecular flexibility index (Phi) is 6.24. The van der Waals surface area contributed by atoms with Crippen LogP contribution in [0.25, 0.3) is 22.6 Å². The molecule has 1 saturated carbocycles. The summed E-state index contributed by atoms with van der Waals surface area (Å²) in [5, 5.41) is 10.1. The first-order chi connectivity index (χ1) is 17.7. The molecule has 188 valence electrons. The lowest BCUT2D eigenvalue weighted by Crippen LogP contribution is -2.22. The predicted octanol–water partition coefficient (Wildman–Crippen LogP) is 4.46. The normalized spacial score (nSPS) is 13.3. The van der Waals surface area contributed by atoms with Gasteiger partial charge in [0.1, 0.15) is 5.82 Å². The van der Waals surface area contributed by atoms with Crippen LogP contribution < -0.4 is 10.6 Å². The molecule has 0 aromatic carbocycles. The van der Waals surface area contributed by atoms with Crippen LogP contribution in [-0.2, 0) is 10.3 Å².